The number of aromatic nitrogens is 1. The minimum absolute atomic E-state index is 0.00621. The van der Waals surface area contributed by atoms with Crippen molar-refractivity contribution in [2.75, 3.05) is 17.7 Å². The van der Waals surface area contributed by atoms with Gasteiger partial charge >= 0.3 is 0 Å². The van der Waals surface area contributed by atoms with Crippen LogP contribution in [0.3, 0.4) is 0 Å². The van der Waals surface area contributed by atoms with Crippen LogP contribution in [-0.2, 0) is 0 Å². The Morgan fingerprint density at radius 1 is 1.37 bits per heavy atom. The van der Waals surface area contributed by atoms with Gasteiger partial charge in [-0.3, -0.25) is 10.1 Å². The smallest absolute Gasteiger partial charge is 0.273 e. The van der Waals surface area contributed by atoms with Crippen LogP contribution in [-0.4, -0.2) is 17.0 Å². The van der Waals surface area contributed by atoms with Crippen molar-refractivity contribution < 1.29 is 4.92 Å². The number of anilines is 2. The molecule has 100 valence electrons. The lowest BCUT2D eigenvalue weighted by molar-refractivity contribution is -0.384. The van der Waals surface area contributed by atoms with Crippen LogP contribution in [0.1, 0.15) is 18.0 Å². The fourth-order valence-corrected chi connectivity index (χ4v) is 2.35. The summed E-state index contributed by atoms with van der Waals surface area (Å²) in [6.45, 7) is 1.97. The molecule has 0 radical (unpaired) electrons. The number of benzene rings is 1. The molecular weight excluding hydrogens is 264 g/mol. The lowest BCUT2D eigenvalue weighted by Gasteiger charge is -2.13. The summed E-state index contributed by atoms with van der Waals surface area (Å²) in [5.74, 6) is 0. The van der Waals surface area contributed by atoms with Crippen molar-refractivity contribution in [1.29, 1.82) is 0 Å². The van der Waals surface area contributed by atoms with Crippen molar-refractivity contribution in [3.8, 4) is 0 Å². The van der Waals surface area contributed by atoms with Gasteiger partial charge in [0.2, 0.25) is 0 Å². The largest absolute Gasteiger partial charge is 0.388 e. The van der Waals surface area contributed by atoms with Crippen LogP contribution in [0.25, 0.3) is 0 Å². The molecule has 0 aliphatic heterocycles. The van der Waals surface area contributed by atoms with Crippen LogP contribution in [0.4, 0.5) is 17.1 Å². The van der Waals surface area contributed by atoms with Gasteiger partial charge < -0.3 is 10.6 Å². The van der Waals surface area contributed by atoms with E-state index in [0.717, 1.165) is 5.01 Å². The van der Waals surface area contributed by atoms with E-state index < -0.39 is 4.92 Å². The van der Waals surface area contributed by atoms with Gasteiger partial charge in [-0.25, -0.2) is 4.98 Å². The third-order valence-electron chi connectivity index (χ3n) is 2.62. The third kappa shape index (κ3) is 3.19. The van der Waals surface area contributed by atoms with Gasteiger partial charge in [0, 0.05) is 42.1 Å². The van der Waals surface area contributed by atoms with E-state index in [2.05, 4.69) is 15.6 Å². The number of nitrogens with one attached hydrogen (secondary N) is 2. The number of non-ortho nitro benzene ring substituents is 1. The Morgan fingerprint density at radius 2 is 2.11 bits per heavy atom. The summed E-state index contributed by atoms with van der Waals surface area (Å²) in [5.41, 5.74) is 1.45. The van der Waals surface area contributed by atoms with Crippen LogP contribution in [0.5, 0.6) is 0 Å². The molecule has 1 atom stereocenters. The second kappa shape index (κ2) is 5.66. The van der Waals surface area contributed by atoms with Gasteiger partial charge in [-0.05, 0) is 13.0 Å². The highest BCUT2D eigenvalue weighted by atomic mass is 32.1. The maximum Gasteiger partial charge on any atom is 0.273 e. The van der Waals surface area contributed by atoms with E-state index in [0.29, 0.717) is 11.4 Å². The zero-order valence-corrected chi connectivity index (χ0v) is 11.4. The zero-order chi connectivity index (χ0) is 13.8. The van der Waals surface area contributed by atoms with Crippen LogP contribution in [0, 0.1) is 10.1 Å². The number of thiazole rings is 1. The van der Waals surface area contributed by atoms with E-state index in [1.165, 1.54) is 12.1 Å². The summed E-state index contributed by atoms with van der Waals surface area (Å²) in [4.78, 5) is 14.7. The molecule has 1 heterocycles. The summed E-state index contributed by atoms with van der Waals surface area (Å²) in [5, 5.41) is 19.9. The Bertz CT molecular complexity index is 571. The minimum Gasteiger partial charge on any atom is -0.388 e. The molecule has 2 N–H and O–H groups in total. The van der Waals surface area contributed by atoms with E-state index >= 15 is 0 Å². The Hall–Kier alpha value is -2.15. The molecule has 19 heavy (non-hydrogen) atoms. The van der Waals surface area contributed by atoms with Crippen molar-refractivity contribution in [3.63, 3.8) is 0 Å². The number of nitrogens with zero attached hydrogens (tertiary/aromatic N) is 2. The Morgan fingerprint density at radius 3 is 2.68 bits per heavy atom. The lowest BCUT2D eigenvalue weighted by Crippen LogP contribution is -2.07. The first-order valence-electron chi connectivity index (χ1n) is 5.73. The second-order valence-electron chi connectivity index (χ2n) is 4.01. The summed E-state index contributed by atoms with van der Waals surface area (Å²) < 4.78 is 0. The van der Waals surface area contributed by atoms with Gasteiger partial charge in [0.25, 0.3) is 5.69 Å². The van der Waals surface area contributed by atoms with Gasteiger partial charge in [-0.2, -0.15) is 0 Å². The molecule has 0 spiro atoms. The number of hydrogen-bond acceptors (Lipinski definition) is 6. The van der Waals surface area contributed by atoms with Gasteiger partial charge in [0.15, 0.2) is 0 Å². The van der Waals surface area contributed by atoms with Crippen molar-refractivity contribution in [3.05, 3.63) is 44.9 Å². The van der Waals surface area contributed by atoms with Crippen molar-refractivity contribution >= 4 is 28.4 Å². The topological polar surface area (TPSA) is 80.1 Å². The predicted octanol–water partition coefficient (Wildman–Crippen LogP) is 3.27. The van der Waals surface area contributed by atoms with Gasteiger partial charge in [-0.15, -0.1) is 11.3 Å². The highest BCUT2D eigenvalue weighted by Crippen LogP contribution is 2.27. The van der Waals surface area contributed by atoms with Gasteiger partial charge in [-0.1, -0.05) is 0 Å². The standard InChI is InChI=1S/C12H14N4O2S/c1-8(12-14-3-4-19-12)15-10-5-9(13-2)6-11(7-10)16(17)18/h3-8,13,15H,1-2H3. The SMILES string of the molecule is CNc1cc(NC(C)c2nccs2)cc([N+](=O)[O-])c1. The van der Waals surface area contributed by atoms with Crippen LogP contribution < -0.4 is 10.6 Å². The summed E-state index contributed by atoms with van der Waals surface area (Å²) in [6, 6.07) is 4.85. The molecule has 2 rings (SSSR count). The number of nitro benzene ring substituents is 1. The Kier molecular flexibility index (Phi) is 3.96. The molecule has 0 amide bonds. The summed E-state index contributed by atoms with van der Waals surface area (Å²) in [7, 11) is 1.73. The predicted molar refractivity (Wildman–Crippen MR) is 76.8 cm³/mol. The maximum atomic E-state index is 10.9. The van der Waals surface area contributed by atoms with Crippen LogP contribution in [0.2, 0.25) is 0 Å². The van der Waals surface area contributed by atoms with Crippen LogP contribution >= 0.6 is 11.3 Å². The van der Waals surface area contributed by atoms with Crippen LogP contribution in [0.15, 0.2) is 29.8 Å². The fraction of sp³-hybridized carbons (Fsp3) is 0.250. The first-order chi connectivity index (χ1) is 9.10. The lowest BCUT2D eigenvalue weighted by atomic mass is 10.2. The van der Waals surface area contributed by atoms with E-state index in [1.54, 1.807) is 24.6 Å². The highest BCUT2D eigenvalue weighted by Gasteiger charge is 2.12. The molecule has 0 saturated heterocycles. The summed E-state index contributed by atoms with van der Waals surface area (Å²) >= 11 is 1.55. The van der Waals surface area contributed by atoms with E-state index in [1.807, 2.05) is 18.4 Å². The Labute approximate surface area is 114 Å². The van der Waals surface area contributed by atoms with Crippen molar-refractivity contribution in [2.45, 2.75) is 13.0 Å². The first-order valence-corrected chi connectivity index (χ1v) is 6.61. The summed E-state index contributed by atoms with van der Waals surface area (Å²) in [6.07, 6.45) is 1.74. The molecule has 0 bridgehead atoms. The quantitative estimate of drug-likeness (QED) is 0.648. The van der Waals surface area contributed by atoms with Gasteiger partial charge in [0.1, 0.15) is 5.01 Å². The van der Waals surface area contributed by atoms with E-state index in [-0.39, 0.29) is 11.7 Å². The van der Waals surface area contributed by atoms with Crippen molar-refractivity contribution in [2.24, 2.45) is 0 Å². The third-order valence-corrected chi connectivity index (χ3v) is 3.58. The molecule has 1 aromatic heterocycles. The number of hydrogen-bond donors (Lipinski definition) is 2. The molecule has 7 heteroatoms. The normalized spacial score (nSPS) is 11.9. The molecule has 0 fully saturated rings. The molecular formula is C12H14N4O2S. The van der Waals surface area contributed by atoms with Gasteiger partial charge in [0.05, 0.1) is 11.0 Å². The first kappa shape index (κ1) is 13.3. The highest BCUT2D eigenvalue weighted by molar-refractivity contribution is 7.09. The van der Waals surface area contributed by atoms with E-state index in [9.17, 15) is 10.1 Å². The molecule has 1 unspecified atom stereocenters. The molecule has 0 aliphatic carbocycles. The maximum absolute atomic E-state index is 10.9. The Balaban J connectivity index is 2.24. The average Bonchev–Trinajstić information content (AvgIpc) is 2.92. The minimum atomic E-state index is -0.403. The molecule has 0 aliphatic rings. The zero-order valence-electron chi connectivity index (χ0n) is 10.6. The molecule has 0 saturated carbocycles. The monoisotopic (exact) mass is 278 g/mol. The number of rotatable bonds is 5. The second-order valence-corrected chi connectivity index (χ2v) is 4.94. The van der Waals surface area contributed by atoms with E-state index in [4.69, 9.17) is 0 Å². The average molecular weight is 278 g/mol. The molecule has 1 aromatic carbocycles. The molecule has 6 nitrogen and oxygen atoms in total. The fourth-order valence-electron chi connectivity index (χ4n) is 1.70. The van der Waals surface area contributed by atoms with Crippen molar-refractivity contribution in [1.82, 2.24) is 4.98 Å². The number of nitro groups is 1. The molecule has 2 aromatic rings.